The molecule has 1 aromatic heterocycles. The highest BCUT2D eigenvalue weighted by Gasteiger charge is 2.46. The Morgan fingerprint density at radius 3 is 2.72 bits per heavy atom. The SMILES string of the molecule is C=CC(=O)N1CC2(CCN(c3cc(OCCCN(C)C)c(Cl)c(-c4c(C)ccc5[nH]ncc45)c3C#N)CC2)C1. The molecule has 0 atom stereocenters. The van der Waals surface area contributed by atoms with E-state index in [0.29, 0.717) is 28.5 Å². The van der Waals surface area contributed by atoms with Gasteiger partial charge in [-0.05, 0) is 63.6 Å². The number of amides is 1. The minimum absolute atomic E-state index is 0.00276. The quantitative estimate of drug-likeness (QED) is 0.316. The molecule has 2 saturated heterocycles. The Morgan fingerprint density at radius 1 is 1.31 bits per heavy atom. The Morgan fingerprint density at radius 2 is 2.05 bits per heavy atom. The summed E-state index contributed by atoms with van der Waals surface area (Å²) in [4.78, 5) is 18.3. The minimum Gasteiger partial charge on any atom is -0.492 e. The van der Waals surface area contributed by atoms with Crippen LogP contribution < -0.4 is 9.64 Å². The number of hydrogen-bond acceptors (Lipinski definition) is 6. The van der Waals surface area contributed by atoms with Gasteiger partial charge < -0.3 is 19.4 Å². The number of likely N-dealkylation sites (tertiary alicyclic amines) is 1. The summed E-state index contributed by atoms with van der Waals surface area (Å²) in [7, 11) is 4.08. The van der Waals surface area contributed by atoms with Gasteiger partial charge in [-0.3, -0.25) is 9.89 Å². The van der Waals surface area contributed by atoms with E-state index in [0.717, 1.165) is 79.7 Å². The van der Waals surface area contributed by atoms with Gasteiger partial charge in [-0.2, -0.15) is 10.4 Å². The number of anilines is 1. The Hall–Kier alpha value is -3.54. The van der Waals surface area contributed by atoms with Gasteiger partial charge in [0.1, 0.15) is 11.8 Å². The van der Waals surface area contributed by atoms with Crippen molar-refractivity contribution in [2.75, 3.05) is 58.3 Å². The number of aromatic nitrogens is 2. The number of piperidine rings is 1. The number of H-pyrrole nitrogens is 1. The van der Waals surface area contributed by atoms with Crippen LogP contribution >= 0.6 is 11.6 Å². The van der Waals surface area contributed by atoms with E-state index >= 15 is 0 Å². The second kappa shape index (κ2) is 10.9. The van der Waals surface area contributed by atoms with Crippen LogP contribution in [0.3, 0.4) is 0 Å². The van der Waals surface area contributed by atoms with Crippen LogP contribution in [0.4, 0.5) is 5.69 Å². The second-order valence-electron chi connectivity index (χ2n) is 11.0. The number of aromatic amines is 1. The third kappa shape index (κ3) is 5.09. The monoisotopic (exact) mass is 546 g/mol. The lowest BCUT2D eigenvalue weighted by Gasteiger charge is -2.54. The predicted octanol–water partition coefficient (Wildman–Crippen LogP) is 5.01. The highest BCUT2D eigenvalue weighted by molar-refractivity contribution is 6.36. The average molecular weight is 547 g/mol. The molecule has 3 heterocycles. The molecule has 3 aromatic rings. The molecule has 9 heteroatoms. The van der Waals surface area contributed by atoms with Crippen molar-refractivity contribution in [3.05, 3.63) is 53.2 Å². The van der Waals surface area contributed by atoms with Crippen LogP contribution in [0.2, 0.25) is 5.02 Å². The molecule has 39 heavy (non-hydrogen) atoms. The van der Waals surface area contributed by atoms with Crippen LogP contribution in [-0.2, 0) is 4.79 Å². The van der Waals surface area contributed by atoms with Crippen molar-refractivity contribution in [1.82, 2.24) is 20.0 Å². The summed E-state index contributed by atoms with van der Waals surface area (Å²) < 4.78 is 6.27. The predicted molar refractivity (Wildman–Crippen MR) is 155 cm³/mol. The molecule has 2 aliphatic heterocycles. The number of carbonyl (C=O) groups excluding carboxylic acids is 1. The fourth-order valence-corrected chi connectivity index (χ4v) is 6.23. The number of hydrogen-bond donors (Lipinski definition) is 1. The molecule has 204 valence electrons. The zero-order valence-corrected chi connectivity index (χ0v) is 23.6. The number of halogens is 1. The van der Waals surface area contributed by atoms with Crippen molar-refractivity contribution in [2.45, 2.75) is 26.2 Å². The molecule has 0 bridgehead atoms. The van der Waals surface area contributed by atoms with Gasteiger partial charge in [0.05, 0.1) is 34.6 Å². The molecule has 2 aliphatic rings. The van der Waals surface area contributed by atoms with Crippen molar-refractivity contribution in [3.63, 3.8) is 0 Å². The van der Waals surface area contributed by atoms with E-state index < -0.39 is 0 Å². The zero-order chi connectivity index (χ0) is 27.7. The number of aryl methyl sites for hydroxylation is 1. The summed E-state index contributed by atoms with van der Waals surface area (Å²) in [6.07, 6.45) is 5.94. The van der Waals surface area contributed by atoms with Crippen LogP contribution in [0.25, 0.3) is 22.0 Å². The summed E-state index contributed by atoms with van der Waals surface area (Å²) in [5, 5.41) is 19.2. The first-order valence-electron chi connectivity index (χ1n) is 13.4. The summed E-state index contributed by atoms with van der Waals surface area (Å²) in [6, 6.07) is 8.45. The van der Waals surface area contributed by atoms with E-state index in [1.165, 1.54) is 6.08 Å². The first-order chi connectivity index (χ1) is 18.8. The van der Waals surface area contributed by atoms with Crippen LogP contribution in [0.5, 0.6) is 5.75 Å². The molecule has 8 nitrogen and oxygen atoms in total. The summed E-state index contributed by atoms with van der Waals surface area (Å²) >= 11 is 7.07. The molecular formula is C30H35ClN6O2. The number of nitriles is 1. The summed E-state index contributed by atoms with van der Waals surface area (Å²) in [5.74, 6) is 0.586. The number of ether oxygens (including phenoxy) is 1. The highest BCUT2D eigenvalue weighted by Crippen LogP contribution is 2.48. The Bertz CT molecular complexity index is 1440. The third-order valence-electron chi connectivity index (χ3n) is 8.11. The van der Waals surface area contributed by atoms with Crippen LogP contribution in [0, 0.1) is 23.7 Å². The Balaban J connectivity index is 1.52. The van der Waals surface area contributed by atoms with Crippen LogP contribution in [-0.4, -0.2) is 79.3 Å². The number of fused-ring (bicyclic) bond motifs is 1. The fraction of sp³-hybridized carbons (Fsp3) is 0.433. The van der Waals surface area contributed by atoms with Gasteiger partial charge in [-0.15, -0.1) is 0 Å². The average Bonchev–Trinajstić information content (AvgIpc) is 3.39. The summed E-state index contributed by atoms with van der Waals surface area (Å²) in [5.41, 5.74) is 5.01. The lowest BCUT2D eigenvalue weighted by molar-refractivity contribution is -0.139. The molecule has 0 saturated carbocycles. The maximum Gasteiger partial charge on any atom is 0.245 e. The van der Waals surface area contributed by atoms with Gasteiger partial charge in [0, 0.05) is 55.2 Å². The first kappa shape index (κ1) is 27.0. The fourth-order valence-electron chi connectivity index (χ4n) is 5.93. The minimum atomic E-state index is -0.00276. The van der Waals surface area contributed by atoms with E-state index in [9.17, 15) is 10.1 Å². The first-order valence-corrected chi connectivity index (χ1v) is 13.8. The Labute approximate surface area is 234 Å². The van der Waals surface area contributed by atoms with Crippen molar-refractivity contribution in [3.8, 4) is 22.9 Å². The van der Waals surface area contributed by atoms with Crippen molar-refractivity contribution in [2.24, 2.45) is 5.41 Å². The molecular weight excluding hydrogens is 512 g/mol. The molecule has 0 radical (unpaired) electrons. The number of rotatable bonds is 8. The van der Waals surface area contributed by atoms with Gasteiger partial charge in [0.15, 0.2) is 0 Å². The zero-order valence-electron chi connectivity index (χ0n) is 22.9. The molecule has 1 N–H and O–H groups in total. The van der Waals surface area contributed by atoms with Crippen molar-refractivity contribution >= 4 is 34.1 Å². The van der Waals surface area contributed by atoms with E-state index in [1.807, 2.05) is 44.1 Å². The normalized spacial score (nSPS) is 16.4. The smallest absolute Gasteiger partial charge is 0.245 e. The van der Waals surface area contributed by atoms with Crippen molar-refractivity contribution < 1.29 is 9.53 Å². The maximum absolute atomic E-state index is 12.0. The largest absolute Gasteiger partial charge is 0.492 e. The van der Waals surface area contributed by atoms with E-state index in [-0.39, 0.29) is 11.3 Å². The van der Waals surface area contributed by atoms with Gasteiger partial charge in [0.25, 0.3) is 0 Å². The van der Waals surface area contributed by atoms with Gasteiger partial charge in [-0.1, -0.05) is 24.2 Å². The molecule has 0 aliphatic carbocycles. The van der Waals surface area contributed by atoms with Crippen LogP contribution in [0.15, 0.2) is 37.1 Å². The molecule has 2 fully saturated rings. The maximum atomic E-state index is 12.0. The molecule has 1 spiro atoms. The van der Waals surface area contributed by atoms with E-state index in [2.05, 4.69) is 32.6 Å². The molecule has 1 amide bonds. The van der Waals surface area contributed by atoms with Gasteiger partial charge >= 0.3 is 0 Å². The molecule has 5 rings (SSSR count). The second-order valence-corrected chi connectivity index (χ2v) is 11.4. The lowest BCUT2D eigenvalue weighted by Crippen LogP contribution is -2.61. The number of nitrogens with zero attached hydrogens (tertiary/aromatic N) is 5. The number of nitrogens with one attached hydrogen (secondary N) is 1. The third-order valence-corrected chi connectivity index (χ3v) is 8.49. The topological polar surface area (TPSA) is 88.5 Å². The lowest BCUT2D eigenvalue weighted by atomic mass is 9.71. The van der Waals surface area contributed by atoms with E-state index in [1.54, 1.807) is 6.20 Å². The number of benzene rings is 2. The molecule has 0 unspecified atom stereocenters. The van der Waals surface area contributed by atoms with E-state index in [4.69, 9.17) is 16.3 Å². The van der Waals surface area contributed by atoms with Gasteiger partial charge in [-0.25, -0.2) is 0 Å². The van der Waals surface area contributed by atoms with Crippen LogP contribution in [0.1, 0.15) is 30.4 Å². The Kier molecular flexibility index (Phi) is 7.57. The standard InChI is InChI=1S/C30H35ClN6O2/c1-5-26(38)37-18-30(19-37)9-12-36(13-10-30)24-15-25(39-14-6-11-35(3)4)29(31)28(21(24)16-32)27-20(2)7-8-23-22(27)17-33-34-23/h5,7-8,15,17H,1,6,9-14,18-19H2,2-4H3,(H,33,34). The molecule has 2 aromatic carbocycles. The van der Waals surface area contributed by atoms with Gasteiger partial charge in [0.2, 0.25) is 5.91 Å². The summed E-state index contributed by atoms with van der Waals surface area (Å²) in [6.45, 7) is 10.2. The highest BCUT2D eigenvalue weighted by atomic mass is 35.5. The van der Waals surface area contributed by atoms with Crippen molar-refractivity contribution in [1.29, 1.82) is 5.26 Å². The number of carbonyl (C=O) groups is 1.